The van der Waals surface area contributed by atoms with Crippen molar-refractivity contribution in [2.24, 2.45) is 0 Å². The zero-order chi connectivity index (χ0) is 15.0. The molecule has 0 aliphatic rings. The summed E-state index contributed by atoms with van der Waals surface area (Å²) in [6, 6.07) is 9.91. The molecule has 0 saturated heterocycles. The quantitative estimate of drug-likeness (QED) is 0.778. The van der Waals surface area contributed by atoms with Crippen molar-refractivity contribution in [1.82, 2.24) is 9.97 Å². The Labute approximate surface area is 124 Å². The Hall–Kier alpha value is -2.26. The van der Waals surface area contributed by atoms with Gasteiger partial charge in [0.1, 0.15) is 6.10 Å². The predicted molar refractivity (Wildman–Crippen MR) is 84.3 cm³/mol. The smallest absolute Gasteiger partial charge is 0.106 e. The van der Waals surface area contributed by atoms with Gasteiger partial charge in [0.25, 0.3) is 0 Å². The Morgan fingerprint density at radius 3 is 2.38 bits per heavy atom. The normalized spacial score (nSPS) is 12.6. The number of aliphatic hydroxyl groups excluding tert-OH is 1. The summed E-state index contributed by atoms with van der Waals surface area (Å²) in [6.45, 7) is 6.18. The van der Waals surface area contributed by atoms with E-state index in [0.29, 0.717) is 0 Å². The average molecular weight is 278 g/mol. The second-order valence-electron chi connectivity index (χ2n) is 5.47. The van der Waals surface area contributed by atoms with Crippen LogP contribution in [0.5, 0.6) is 0 Å². The van der Waals surface area contributed by atoms with Gasteiger partial charge in [-0.25, -0.2) is 0 Å². The van der Waals surface area contributed by atoms with Crippen molar-refractivity contribution in [1.29, 1.82) is 0 Å². The summed E-state index contributed by atoms with van der Waals surface area (Å²) in [7, 11) is 0. The average Bonchev–Trinajstić information content (AvgIpc) is 2.49. The number of aryl methyl sites for hydroxylation is 3. The van der Waals surface area contributed by atoms with Gasteiger partial charge in [0, 0.05) is 18.0 Å². The fraction of sp³-hybridized carbons (Fsp3) is 0.222. The number of fused-ring (bicyclic) bond motifs is 1. The van der Waals surface area contributed by atoms with Crippen LogP contribution in [0.1, 0.15) is 33.9 Å². The van der Waals surface area contributed by atoms with E-state index in [9.17, 15) is 5.11 Å². The van der Waals surface area contributed by atoms with Crippen LogP contribution in [-0.2, 0) is 0 Å². The lowest BCUT2D eigenvalue weighted by Crippen LogP contribution is -2.05. The lowest BCUT2D eigenvalue weighted by molar-refractivity contribution is 0.221. The first-order valence-electron chi connectivity index (χ1n) is 7.03. The second kappa shape index (κ2) is 5.26. The maximum Gasteiger partial charge on any atom is 0.106 e. The van der Waals surface area contributed by atoms with Crippen LogP contribution in [0, 0.1) is 20.8 Å². The number of aromatic nitrogens is 2. The van der Waals surface area contributed by atoms with E-state index in [1.54, 1.807) is 12.4 Å². The molecule has 3 rings (SSSR count). The minimum atomic E-state index is -0.690. The molecule has 1 N–H and O–H groups in total. The van der Waals surface area contributed by atoms with Gasteiger partial charge in [0.15, 0.2) is 0 Å². The third kappa shape index (κ3) is 2.41. The summed E-state index contributed by atoms with van der Waals surface area (Å²) < 4.78 is 0. The molecule has 3 nitrogen and oxygen atoms in total. The molecule has 106 valence electrons. The Morgan fingerprint density at radius 2 is 1.57 bits per heavy atom. The van der Waals surface area contributed by atoms with Crippen LogP contribution in [0.3, 0.4) is 0 Å². The molecule has 0 aliphatic carbocycles. The molecular formula is C18H18N2O. The molecule has 0 radical (unpaired) electrons. The van der Waals surface area contributed by atoms with E-state index in [1.165, 1.54) is 11.1 Å². The lowest BCUT2D eigenvalue weighted by atomic mass is 9.93. The molecule has 0 saturated carbocycles. The van der Waals surface area contributed by atoms with Crippen molar-refractivity contribution in [3.63, 3.8) is 0 Å². The highest BCUT2D eigenvalue weighted by Crippen LogP contribution is 2.30. The van der Waals surface area contributed by atoms with E-state index in [1.807, 2.05) is 25.1 Å². The monoisotopic (exact) mass is 278 g/mol. The molecule has 1 unspecified atom stereocenters. The number of hydrogen-bond acceptors (Lipinski definition) is 3. The van der Waals surface area contributed by atoms with Gasteiger partial charge in [0.05, 0.1) is 11.0 Å². The van der Waals surface area contributed by atoms with Crippen LogP contribution in [0.4, 0.5) is 0 Å². The van der Waals surface area contributed by atoms with Crippen molar-refractivity contribution in [3.05, 3.63) is 70.5 Å². The SMILES string of the molecule is Cc1cc(C)c(C(O)c2cccc3nccnc23)cc1C. The van der Waals surface area contributed by atoms with Gasteiger partial charge < -0.3 is 5.11 Å². The van der Waals surface area contributed by atoms with E-state index >= 15 is 0 Å². The van der Waals surface area contributed by atoms with E-state index in [-0.39, 0.29) is 0 Å². The van der Waals surface area contributed by atoms with Crippen molar-refractivity contribution in [2.75, 3.05) is 0 Å². The zero-order valence-corrected chi connectivity index (χ0v) is 12.5. The highest BCUT2D eigenvalue weighted by Gasteiger charge is 2.17. The van der Waals surface area contributed by atoms with Crippen LogP contribution in [0.2, 0.25) is 0 Å². The first kappa shape index (κ1) is 13.7. The number of benzene rings is 2. The molecule has 0 bridgehead atoms. The van der Waals surface area contributed by atoms with Crippen molar-refractivity contribution < 1.29 is 5.11 Å². The fourth-order valence-electron chi connectivity index (χ4n) is 2.68. The van der Waals surface area contributed by atoms with Gasteiger partial charge in [-0.1, -0.05) is 24.3 Å². The van der Waals surface area contributed by atoms with E-state index in [2.05, 4.69) is 35.9 Å². The molecular weight excluding hydrogens is 260 g/mol. The van der Waals surface area contributed by atoms with Crippen LogP contribution < -0.4 is 0 Å². The van der Waals surface area contributed by atoms with Crippen molar-refractivity contribution in [2.45, 2.75) is 26.9 Å². The second-order valence-corrected chi connectivity index (χ2v) is 5.47. The first-order valence-corrected chi connectivity index (χ1v) is 7.03. The van der Waals surface area contributed by atoms with Gasteiger partial charge in [0.2, 0.25) is 0 Å². The molecule has 0 fully saturated rings. The molecule has 1 aromatic heterocycles. The Kier molecular flexibility index (Phi) is 3.43. The third-order valence-corrected chi connectivity index (χ3v) is 4.00. The Bertz CT molecular complexity index is 806. The topological polar surface area (TPSA) is 46.0 Å². The highest BCUT2D eigenvalue weighted by atomic mass is 16.3. The van der Waals surface area contributed by atoms with Gasteiger partial charge in [-0.05, 0) is 49.1 Å². The highest BCUT2D eigenvalue weighted by molar-refractivity contribution is 5.78. The van der Waals surface area contributed by atoms with Crippen molar-refractivity contribution >= 4 is 11.0 Å². The number of rotatable bonds is 2. The maximum absolute atomic E-state index is 10.8. The molecule has 2 aromatic carbocycles. The standard InChI is InChI=1S/C18H18N2O/c1-11-9-13(3)15(10-12(11)2)18(21)14-5-4-6-16-17(14)20-8-7-19-16/h4-10,18,21H,1-3H3. The van der Waals surface area contributed by atoms with Gasteiger partial charge in [-0.2, -0.15) is 0 Å². The van der Waals surface area contributed by atoms with E-state index < -0.39 is 6.10 Å². The summed E-state index contributed by atoms with van der Waals surface area (Å²) in [4.78, 5) is 8.67. The maximum atomic E-state index is 10.8. The fourth-order valence-corrected chi connectivity index (χ4v) is 2.68. The molecule has 3 heteroatoms. The van der Waals surface area contributed by atoms with E-state index in [0.717, 1.165) is 27.7 Å². The number of nitrogens with zero attached hydrogens (tertiary/aromatic N) is 2. The van der Waals surface area contributed by atoms with Crippen LogP contribution >= 0.6 is 0 Å². The van der Waals surface area contributed by atoms with Gasteiger partial charge in [-0.3, -0.25) is 9.97 Å². The van der Waals surface area contributed by atoms with Gasteiger partial charge >= 0.3 is 0 Å². The summed E-state index contributed by atoms with van der Waals surface area (Å²) in [5.74, 6) is 0. The summed E-state index contributed by atoms with van der Waals surface area (Å²) in [5.41, 5.74) is 6.79. The summed E-state index contributed by atoms with van der Waals surface area (Å²) >= 11 is 0. The van der Waals surface area contributed by atoms with E-state index in [4.69, 9.17) is 0 Å². The predicted octanol–water partition coefficient (Wildman–Crippen LogP) is 3.64. The molecule has 3 aromatic rings. The lowest BCUT2D eigenvalue weighted by Gasteiger charge is -2.17. The minimum Gasteiger partial charge on any atom is -0.384 e. The molecule has 0 amide bonds. The molecule has 1 heterocycles. The number of para-hydroxylation sites is 1. The van der Waals surface area contributed by atoms with Crippen LogP contribution in [0.25, 0.3) is 11.0 Å². The number of aliphatic hydroxyl groups is 1. The first-order chi connectivity index (χ1) is 10.1. The van der Waals surface area contributed by atoms with Gasteiger partial charge in [-0.15, -0.1) is 0 Å². The zero-order valence-electron chi connectivity index (χ0n) is 12.5. The molecule has 21 heavy (non-hydrogen) atoms. The number of hydrogen-bond donors (Lipinski definition) is 1. The largest absolute Gasteiger partial charge is 0.384 e. The van der Waals surface area contributed by atoms with Crippen molar-refractivity contribution in [3.8, 4) is 0 Å². The summed E-state index contributed by atoms with van der Waals surface area (Å²) in [5, 5.41) is 10.8. The molecule has 1 atom stereocenters. The summed E-state index contributed by atoms with van der Waals surface area (Å²) in [6.07, 6.45) is 2.63. The Balaban J connectivity index is 2.17. The minimum absolute atomic E-state index is 0.690. The Morgan fingerprint density at radius 1 is 0.857 bits per heavy atom. The molecule has 0 spiro atoms. The third-order valence-electron chi connectivity index (χ3n) is 4.00. The van der Waals surface area contributed by atoms with Crippen LogP contribution in [0.15, 0.2) is 42.7 Å². The van der Waals surface area contributed by atoms with Crippen LogP contribution in [-0.4, -0.2) is 15.1 Å². The molecule has 0 aliphatic heterocycles.